The molecule has 0 radical (unpaired) electrons. The fourth-order valence-electron chi connectivity index (χ4n) is 9.89. The first-order valence-corrected chi connectivity index (χ1v) is 37.8. The van der Waals surface area contributed by atoms with E-state index in [9.17, 15) is 43.2 Å². The Labute approximate surface area is 524 Å². The molecule has 19 heteroatoms. The van der Waals surface area contributed by atoms with Gasteiger partial charge in [-0.05, 0) is 49.4 Å². The molecular formula is C67H130O17P2. The third-order valence-electron chi connectivity index (χ3n) is 16.0. The van der Waals surface area contributed by atoms with Crippen LogP contribution >= 0.6 is 15.6 Å². The van der Waals surface area contributed by atoms with Crippen LogP contribution in [-0.2, 0) is 65.4 Å². The molecular weight excluding hydrogens is 1140 g/mol. The van der Waals surface area contributed by atoms with Crippen LogP contribution < -0.4 is 0 Å². The van der Waals surface area contributed by atoms with Crippen molar-refractivity contribution >= 4 is 39.5 Å². The van der Waals surface area contributed by atoms with Crippen molar-refractivity contribution in [3.63, 3.8) is 0 Å². The smallest absolute Gasteiger partial charge is 0.462 e. The molecule has 17 nitrogen and oxygen atoms in total. The number of hydrogen-bond acceptors (Lipinski definition) is 15. The predicted molar refractivity (Wildman–Crippen MR) is 344 cm³/mol. The molecule has 86 heavy (non-hydrogen) atoms. The minimum atomic E-state index is -4.95. The standard InChI is InChI=1S/C67H130O17P2/c1-9-59(7)45-37-29-21-16-18-22-31-39-47-64(69)77-53-62(83-66(71)49-41-33-23-14-12-11-13-19-27-35-43-57(3)4)55-81-85(73,74)79-51-61(68)52-80-86(75,76)82-56-63(54-78-65(70)48-40-32-26-25-30-38-46-60(8)10-2)84-67(72)50-42-34-24-17-15-20-28-36-44-58(5)6/h57-63,68H,9-56H2,1-8H3,(H,73,74)(H,75,76)/t59?,60?,61-,62-,63-/m1/s1. The average Bonchev–Trinajstić information content (AvgIpc) is 3.59. The van der Waals surface area contributed by atoms with Gasteiger partial charge in [0.05, 0.1) is 26.4 Å². The molecule has 0 spiro atoms. The zero-order chi connectivity index (χ0) is 63.9. The summed E-state index contributed by atoms with van der Waals surface area (Å²) in [6.07, 6.45) is 37.5. The molecule has 510 valence electrons. The second-order valence-corrected chi connectivity index (χ2v) is 28.6. The number of rotatable bonds is 64. The van der Waals surface area contributed by atoms with Gasteiger partial charge < -0.3 is 33.8 Å². The maximum absolute atomic E-state index is 13.0. The zero-order valence-electron chi connectivity index (χ0n) is 55.9. The Morgan fingerprint density at radius 2 is 0.558 bits per heavy atom. The summed E-state index contributed by atoms with van der Waals surface area (Å²) in [5.41, 5.74) is 0. The SMILES string of the molecule is CCC(C)CCCCCCCCCCC(=O)OC[C@H](COP(=O)(O)OC[C@@H](O)COP(=O)(O)OC[C@@H](COC(=O)CCCCCCCCC(C)CC)OC(=O)CCCCCCCCCCC(C)C)OC(=O)CCCCCCCCCCCCC(C)C. The third kappa shape index (κ3) is 58.4. The number of unbranched alkanes of at least 4 members (excludes halogenated alkanes) is 28. The Morgan fingerprint density at radius 3 is 0.826 bits per heavy atom. The van der Waals surface area contributed by atoms with Crippen LogP contribution in [-0.4, -0.2) is 96.7 Å². The van der Waals surface area contributed by atoms with Crippen molar-refractivity contribution < 1.29 is 80.2 Å². The quantitative estimate of drug-likeness (QED) is 0.0222. The largest absolute Gasteiger partial charge is 0.472 e. The topological polar surface area (TPSA) is 237 Å². The summed E-state index contributed by atoms with van der Waals surface area (Å²) < 4.78 is 68.1. The van der Waals surface area contributed by atoms with Crippen LogP contribution in [0.5, 0.6) is 0 Å². The molecule has 0 aliphatic rings. The highest BCUT2D eigenvalue weighted by atomic mass is 31.2. The van der Waals surface area contributed by atoms with Gasteiger partial charge in [-0.15, -0.1) is 0 Å². The number of ether oxygens (including phenoxy) is 4. The van der Waals surface area contributed by atoms with Crippen molar-refractivity contribution in [2.24, 2.45) is 23.7 Å². The minimum absolute atomic E-state index is 0.103. The van der Waals surface area contributed by atoms with Gasteiger partial charge in [0.15, 0.2) is 12.2 Å². The first-order chi connectivity index (χ1) is 41.2. The number of aliphatic hydroxyl groups is 1. The first kappa shape index (κ1) is 84.1. The summed E-state index contributed by atoms with van der Waals surface area (Å²) in [6.45, 7) is 14.0. The van der Waals surface area contributed by atoms with E-state index in [0.717, 1.165) is 120 Å². The molecule has 4 unspecified atom stereocenters. The molecule has 0 aliphatic carbocycles. The van der Waals surface area contributed by atoms with Crippen LogP contribution in [0.25, 0.3) is 0 Å². The first-order valence-electron chi connectivity index (χ1n) is 34.8. The van der Waals surface area contributed by atoms with E-state index in [1.807, 2.05) is 0 Å². The fourth-order valence-corrected chi connectivity index (χ4v) is 11.5. The van der Waals surface area contributed by atoms with Gasteiger partial charge >= 0.3 is 39.5 Å². The summed E-state index contributed by atoms with van der Waals surface area (Å²) in [7, 11) is -9.90. The number of phosphoric acid groups is 2. The molecule has 0 aliphatic heterocycles. The molecule has 0 fully saturated rings. The van der Waals surface area contributed by atoms with Crippen molar-refractivity contribution in [1.29, 1.82) is 0 Å². The van der Waals surface area contributed by atoms with Crippen LogP contribution in [0, 0.1) is 23.7 Å². The number of phosphoric ester groups is 2. The van der Waals surface area contributed by atoms with Gasteiger partial charge in [0, 0.05) is 25.7 Å². The van der Waals surface area contributed by atoms with Crippen molar-refractivity contribution in [1.82, 2.24) is 0 Å². The lowest BCUT2D eigenvalue weighted by Gasteiger charge is -2.21. The molecule has 0 saturated carbocycles. The maximum Gasteiger partial charge on any atom is 0.472 e. The molecule has 0 aromatic carbocycles. The number of hydrogen-bond donors (Lipinski definition) is 3. The number of carbonyl (C=O) groups excluding carboxylic acids is 4. The van der Waals surface area contributed by atoms with E-state index < -0.39 is 97.5 Å². The normalized spacial score (nSPS) is 15.0. The molecule has 0 saturated heterocycles. The molecule has 0 rings (SSSR count). The molecule has 0 heterocycles. The number of aliphatic hydroxyl groups excluding tert-OH is 1. The Hall–Kier alpha value is -1.94. The van der Waals surface area contributed by atoms with Gasteiger partial charge in [-0.1, -0.05) is 274 Å². The van der Waals surface area contributed by atoms with Gasteiger partial charge in [-0.25, -0.2) is 9.13 Å². The van der Waals surface area contributed by atoms with Crippen LogP contribution in [0.15, 0.2) is 0 Å². The van der Waals surface area contributed by atoms with E-state index in [4.69, 9.17) is 37.0 Å². The Balaban J connectivity index is 5.27. The molecule has 0 aromatic heterocycles. The van der Waals surface area contributed by atoms with Crippen molar-refractivity contribution in [2.75, 3.05) is 39.6 Å². The highest BCUT2D eigenvalue weighted by molar-refractivity contribution is 7.47. The highest BCUT2D eigenvalue weighted by Gasteiger charge is 2.30. The Morgan fingerprint density at radius 1 is 0.326 bits per heavy atom. The predicted octanol–water partition coefficient (Wildman–Crippen LogP) is 18.5. The Bertz CT molecular complexity index is 1720. The van der Waals surface area contributed by atoms with Crippen LogP contribution in [0.2, 0.25) is 0 Å². The van der Waals surface area contributed by atoms with Gasteiger partial charge in [0.2, 0.25) is 0 Å². The van der Waals surface area contributed by atoms with Crippen LogP contribution in [0.3, 0.4) is 0 Å². The molecule has 0 amide bonds. The molecule has 7 atom stereocenters. The number of esters is 4. The van der Waals surface area contributed by atoms with E-state index >= 15 is 0 Å². The zero-order valence-corrected chi connectivity index (χ0v) is 57.7. The Kier molecular flexibility index (Phi) is 55.7. The van der Waals surface area contributed by atoms with Gasteiger partial charge in [0.1, 0.15) is 19.3 Å². The van der Waals surface area contributed by atoms with Crippen molar-refractivity contribution in [3.8, 4) is 0 Å². The summed E-state index contributed by atoms with van der Waals surface area (Å²) in [6, 6.07) is 0. The second-order valence-electron chi connectivity index (χ2n) is 25.6. The number of carbonyl (C=O) groups is 4. The van der Waals surface area contributed by atoms with Crippen molar-refractivity contribution in [2.45, 2.75) is 343 Å². The summed E-state index contributed by atoms with van der Waals surface area (Å²) in [5.74, 6) is 0.843. The van der Waals surface area contributed by atoms with Crippen molar-refractivity contribution in [3.05, 3.63) is 0 Å². The van der Waals surface area contributed by atoms with E-state index in [0.29, 0.717) is 25.7 Å². The third-order valence-corrected chi connectivity index (χ3v) is 17.9. The summed E-state index contributed by atoms with van der Waals surface area (Å²) >= 11 is 0. The van der Waals surface area contributed by atoms with E-state index in [1.165, 1.54) is 122 Å². The minimum Gasteiger partial charge on any atom is -0.462 e. The lowest BCUT2D eigenvalue weighted by atomic mass is 9.99. The van der Waals surface area contributed by atoms with Gasteiger partial charge in [-0.3, -0.25) is 37.3 Å². The van der Waals surface area contributed by atoms with Gasteiger partial charge in [0.25, 0.3) is 0 Å². The lowest BCUT2D eigenvalue weighted by Crippen LogP contribution is -2.30. The average molecular weight is 1270 g/mol. The molecule has 3 N–H and O–H groups in total. The molecule has 0 bridgehead atoms. The summed E-state index contributed by atoms with van der Waals surface area (Å²) in [4.78, 5) is 72.4. The van der Waals surface area contributed by atoms with E-state index in [1.54, 1.807) is 0 Å². The second kappa shape index (κ2) is 57.0. The van der Waals surface area contributed by atoms with E-state index in [-0.39, 0.29) is 25.7 Å². The maximum atomic E-state index is 13.0. The lowest BCUT2D eigenvalue weighted by molar-refractivity contribution is -0.161. The molecule has 0 aromatic rings. The van der Waals surface area contributed by atoms with Crippen LogP contribution in [0.1, 0.15) is 325 Å². The summed E-state index contributed by atoms with van der Waals surface area (Å²) in [5, 5.41) is 10.6. The highest BCUT2D eigenvalue weighted by Crippen LogP contribution is 2.45. The monoisotopic (exact) mass is 1270 g/mol. The van der Waals surface area contributed by atoms with E-state index in [2.05, 4.69) is 55.4 Å². The van der Waals surface area contributed by atoms with Gasteiger partial charge in [-0.2, -0.15) is 0 Å². The van der Waals surface area contributed by atoms with Crippen LogP contribution in [0.4, 0.5) is 0 Å². The fraction of sp³-hybridized carbons (Fsp3) is 0.940.